The van der Waals surface area contributed by atoms with Gasteiger partial charge in [0.1, 0.15) is 6.23 Å². The molecule has 2 rings (SSSR count). The van der Waals surface area contributed by atoms with Crippen molar-refractivity contribution in [2.45, 2.75) is 31.1 Å². The molecule has 0 aliphatic carbocycles. The summed E-state index contributed by atoms with van der Waals surface area (Å²) < 4.78 is 28.9. The van der Waals surface area contributed by atoms with E-state index in [2.05, 4.69) is 5.32 Å². The second-order valence-corrected chi connectivity index (χ2v) is 6.43. The molecule has 2 atom stereocenters. The highest BCUT2D eigenvalue weighted by Crippen LogP contribution is 2.24. The van der Waals surface area contributed by atoms with Crippen LogP contribution in [0.25, 0.3) is 0 Å². The third-order valence-electron chi connectivity index (χ3n) is 2.95. The van der Waals surface area contributed by atoms with Gasteiger partial charge in [-0.2, -0.15) is 0 Å². The Kier molecular flexibility index (Phi) is 3.51. The van der Waals surface area contributed by atoms with Gasteiger partial charge in [0, 0.05) is 6.54 Å². The molecule has 1 fully saturated rings. The van der Waals surface area contributed by atoms with Gasteiger partial charge in [0.25, 0.3) is 0 Å². The second-order valence-electron chi connectivity index (χ2n) is 4.15. The average Bonchev–Trinajstić information content (AvgIpc) is 2.76. The predicted molar refractivity (Wildman–Crippen MR) is 65.5 cm³/mol. The molecule has 5 heteroatoms. The highest BCUT2D eigenvalue weighted by molar-refractivity contribution is 7.91. The Morgan fingerprint density at radius 1 is 1.35 bits per heavy atom. The molecule has 1 aliphatic heterocycles. The van der Waals surface area contributed by atoms with Crippen LogP contribution >= 0.6 is 0 Å². The number of ether oxygens (including phenoxy) is 1. The van der Waals surface area contributed by atoms with Crippen molar-refractivity contribution in [3.05, 3.63) is 29.8 Å². The Morgan fingerprint density at radius 2 is 2.00 bits per heavy atom. The van der Waals surface area contributed by atoms with Crippen LogP contribution in [-0.2, 0) is 14.6 Å². The number of hydrogen-bond donors (Lipinski definition) is 1. The average molecular weight is 255 g/mol. The summed E-state index contributed by atoms with van der Waals surface area (Å²) in [4.78, 5) is 0.378. The van der Waals surface area contributed by atoms with Gasteiger partial charge in [-0.05, 0) is 24.6 Å². The van der Waals surface area contributed by atoms with Crippen molar-refractivity contribution < 1.29 is 13.2 Å². The summed E-state index contributed by atoms with van der Waals surface area (Å²) in [5.41, 5.74) is 1.01. The van der Waals surface area contributed by atoms with E-state index >= 15 is 0 Å². The van der Waals surface area contributed by atoms with Crippen LogP contribution in [0.1, 0.15) is 25.5 Å². The highest BCUT2D eigenvalue weighted by Gasteiger charge is 2.22. The third kappa shape index (κ3) is 2.68. The predicted octanol–water partition coefficient (Wildman–Crippen LogP) is 1.49. The normalized spacial score (nSPS) is 25.1. The van der Waals surface area contributed by atoms with Gasteiger partial charge >= 0.3 is 0 Å². The maximum absolute atomic E-state index is 11.6. The summed E-state index contributed by atoms with van der Waals surface area (Å²) in [5, 5.41) is 3.18. The molecule has 1 N–H and O–H groups in total. The maximum Gasteiger partial charge on any atom is 0.178 e. The standard InChI is InChI=1S/C12H17NO3S/c1-3-17(14,15)11-6-4-10(5-7-11)12-8-13-9(2)16-12/h4-7,9,12-13H,3,8H2,1-2H3. The first-order chi connectivity index (χ1) is 8.03. The Labute approximate surface area is 102 Å². The van der Waals surface area contributed by atoms with E-state index in [4.69, 9.17) is 4.74 Å². The van der Waals surface area contributed by atoms with Crippen LogP contribution in [0.5, 0.6) is 0 Å². The summed E-state index contributed by atoms with van der Waals surface area (Å²) in [6.07, 6.45) is 0.0717. The van der Waals surface area contributed by atoms with Crippen LogP contribution in [0.15, 0.2) is 29.2 Å². The maximum atomic E-state index is 11.6. The van der Waals surface area contributed by atoms with Gasteiger partial charge in [-0.1, -0.05) is 19.1 Å². The van der Waals surface area contributed by atoms with Gasteiger partial charge in [-0.25, -0.2) is 8.42 Å². The monoisotopic (exact) mass is 255 g/mol. The summed E-state index contributed by atoms with van der Waals surface area (Å²) in [5.74, 6) is 0.130. The Balaban J connectivity index is 2.19. The Morgan fingerprint density at radius 3 is 2.47 bits per heavy atom. The SMILES string of the molecule is CCS(=O)(=O)c1ccc(C2CNC(C)O2)cc1. The molecule has 0 spiro atoms. The lowest BCUT2D eigenvalue weighted by molar-refractivity contribution is 0.0529. The van der Waals surface area contributed by atoms with Crippen LogP contribution in [0, 0.1) is 0 Å². The van der Waals surface area contributed by atoms with Crippen molar-refractivity contribution in [2.24, 2.45) is 0 Å². The van der Waals surface area contributed by atoms with Gasteiger partial charge in [-0.3, -0.25) is 5.32 Å². The van der Waals surface area contributed by atoms with Gasteiger partial charge in [0.15, 0.2) is 9.84 Å². The van der Waals surface area contributed by atoms with E-state index in [1.165, 1.54) is 0 Å². The molecule has 1 saturated heterocycles. The van der Waals surface area contributed by atoms with Crippen LogP contribution in [-0.4, -0.2) is 26.9 Å². The molecule has 0 radical (unpaired) electrons. The van der Waals surface area contributed by atoms with Crippen LogP contribution in [0.2, 0.25) is 0 Å². The fourth-order valence-electron chi connectivity index (χ4n) is 1.87. The molecule has 1 aromatic rings. The zero-order valence-corrected chi connectivity index (χ0v) is 10.8. The number of rotatable bonds is 3. The van der Waals surface area contributed by atoms with Crippen molar-refractivity contribution in [2.75, 3.05) is 12.3 Å². The van der Waals surface area contributed by atoms with Crippen molar-refractivity contribution in [1.82, 2.24) is 5.32 Å². The minimum absolute atomic E-state index is 0.0170. The third-order valence-corrected chi connectivity index (χ3v) is 4.70. The zero-order chi connectivity index (χ0) is 12.5. The minimum atomic E-state index is -3.11. The molecule has 2 unspecified atom stereocenters. The molecule has 0 saturated carbocycles. The molecule has 1 aliphatic rings. The van der Waals surface area contributed by atoms with Crippen LogP contribution in [0.3, 0.4) is 0 Å². The zero-order valence-electron chi connectivity index (χ0n) is 10.0. The lowest BCUT2D eigenvalue weighted by atomic mass is 10.1. The Bertz CT molecular complexity index is 481. The first-order valence-corrected chi connectivity index (χ1v) is 7.39. The van der Waals surface area contributed by atoms with Gasteiger partial charge in [0.05, 0.1) is 16.8 Å². The number of sulfone groups is 1. The minimum Gasteiger partial charge on any atom is -0.354 e. The van der Waals surface area contributed by atoms with Crippen molar-refractivity contribution in [3.63, 3.8) is 0 Å². The fourth-order valence-corrected chi connectivity index (χ4v) is 2.75. The molecule has 1 heterocycles. The molecular weight excluding hydrogens is 238 g/mol. The fraction of sp³-hybridized carbons (Fsp3) is 0.500. The quantitative estimate of drug-likeness (QED) is 0.889. The molecular formula is C12H17NO3S. The van der Waals surface area contributed by atoms with Crippen LogP contribution in [0.4, 0.5) is 0 Å². The van der Waals surface area contributed by atoms with E-state index in [-0.39, 0.29) is 18.1 Å². The van der Waals surface area contributed by atoms with Gasteiger partial charge in [-0.15, -0.1) is 0 Å². The molecule has 17 heavy (non-hydrogen) atoms. The van der Waals surface area contributed by atoms with E-state index in [0.29, 0.717) is 4.90 Å². The van der Waals surface area contributed by atoms with Crippen LogP contribution < -0.4 is 5.32 Å². The lowest BCUT2D eigenvalue weighted by Crippen LogP contribution is -2.17. The first-order valence-electron chi connectivity index (χ1n) is 5.74. The first kappa shape index (κ1) is 12.5. The molecule has 94 valence electrons. The molecule has 0 bridgehead atoms. The largest absolute Gasteiger partial charge is 0.354 e. The Hall–Kier alpha value is -0.910. The molecule has 4 nitrogen and oxygen atoms in total. The van der Waals surface area contributed by atoms with E-state index in [1.807, 2.05) is 19.1 Å². The molecule has 0 aromatic heterocycles. The highest BCUT2D eigenvalue weighted by atomic mass is 32.2. The molecule has 1 aromatic carbocycles. The lowest BCUT2D eigenvalue weighted by Gasteiger charge is -2.10. The summed E-state index contributed by atoms with van der Waals surface area (Å²) >= 11 is 0. The summed E-state index contributed by atoms with van der Waals surface area (Å²) in [6, 6.07) is 6.96. The van der Waals surface area contributed by atoms with Crippen molar-refractivity contribution in [3.8, 4) is 0 Å². The smallest absolute Gasteiger partial charge is 0.178 e. The van der Waals surface area contributed by atoms with E-state index in [1.54, 1.807) is 19.1 Å². The van der Waals surface area contributed by atoms with E-state index < -0.39 is 9.84 Å². The number of nitrogens with one attached hydrogen (secondary N) is 1. The number of hydrogen-bond acceptors (Lipinski definition) is 4. The molecule has 0 amide bonds. The summed E-state index contributed by atoms with van der Waals surface area (Å²) in [6.45, 7) is 4.37. The van der Waals surface area contributed by atoms with E-state index in [9.17, 15) is 8.42 Å². The van der Waals surface area contributed by atoms with Gasteiger partial charge < -0.3 is 4.74 Å². The van der Waals surface area contributed by atoms with Crippen molar-refractivity contribution in [1.29, 1.82) is 0 Å². The topological polar surface area (TPSA) is 55.4 Å². The second kappa shape index (κ2) is 4.76. The number of benzene rings is 1. The van der Waals surface area contributed by atoms with E-state index in [0.717, 1.165) is 12.1 Å². The van der Waals surface area contributed by atoms with Crippen molar-refractivity contribution >= 4 is 9.84 Å². The van der Waals surface area contributed by atoms with Gasteiger partial charge in [0.2, 0.25) is 0 Å². The summed E-state index contributed by atoms with van der Waals surface area (Å²) in [7, 11) is -3.11.